The molecular formula is C12H16N4O2. The molecule has 0 aliphatic carbocycles. The third-order valence-electron chi connectivity index (χ3n) is 2.45. The summed E-state index contributed by atoms with van der Waals surface area (Å²) >= 11 is 0. The normalized spacial score (nSPS) is 10.6. The first-order chi connectivity index (χ1) is 8.60. The van der Waals surface area contributed by atoms with Crippen LogP contribution in [-0.2, 0) is 6.54 Å². The molecule has 0 aliphatic rings. The van der Waals surface area contributed by atoms with E-state index in [-0.39, 0.29) is 11.9 Å². The van der Waals surface area contributed by atoms with Crippen LogP contribution in [0.3, 0.4) is 0 Å². The number of aryl methyl sites for hydroxylation is 2. The van der Waals surface area contributed by atoms with E-state index in [2.05, 4.69) is 10.3 Å². The molecule has 2 aromatic heterocycles. The number of carbonyl (C=O) groups is 1. The average Bonchev–Trinajstić information content (AvgIpc) is 2.86. The number of nitrogens with one attached hydrogen (secondary N) is 1. The Labute approximate surface area is 105 Å². The zero-order valence-electron chi connectivity index (χ0n) is 10.4. The fourth-order valence-electron chi connectivity index (χ4n) is 1.72. The Morgan fingerprint density at radius 3 is 3.00 bits per heavy atom. The number of nitrogen functional groups attached to an aromatic ring is 1. The first-order valence-corrected chi connectivity index (χ1v) is 5.79. The summed E-state index contributed by atoms with van der Waals surface area (Å²) in [5.41, 5.74) is 7.49. The lowest BCUT2D eigenvalue weighted by molar-refractivity contribution is 0.101. The number of carbonyl (C=O) groups excluding carboxylic acids is 1. The van der Waals surface area contributed by atoms with Gasteiger partial charge in [0.1, 0.15) is 12.0 Å². The lowest BCUT2D eigenvalue weighted by atomic mass is 10.3. The number of oxazole rings is 1. The van der Waals surface area contributed by atoms with Crippen LogP contribution < -0.4 is 11.1 Å². The van der Waals surface area contributed by atoms with E-state index in [1.54, 1.807) is 19.2 Å². The van der Waals surface area contributed by atoms with Gasteiger partial charge in [-0.15, -0.1) is 0 Å². The first kappa shape index (κ1) is 12.2. The Morgan fingerprint density at radius 2 is 2.39 bits per heavy atom. The van der Waals surface area contributed by atoms with Crippen LogP contribution in [0.25, 0.3) is 0 Å². The molecule has 18 heavy (non-hydrogen) atoms. The van der Waals surface area contributed by atoms with Gasteiger partial charge in [-0.3, -0.25) is 10.1 Å². The Bertz CT molecular complexity index is 556. The number of rotatable bonds is 4. The largest absolute Gasteiger partial charge is 0.432 e. The molecule has 0 aliphatic heterocycles. The SMILES string of the molecule is CCCn1cc(N)cc1C(=O)Nc1nc(C)co1. The maximum absolute atomic E-state index is 12.0. The maximum Gasteiger partial charge on any atom is 0.301 e. The van der Waals surface area contributed by atoms with E-state index in [9.17, 15) is 4.79 Å². The fourth-order valence-corrected chi connectivity index (χ4v) is 1.72. The molecule has 6 heteroatoms. The van der Waals surface area contributed by atoms with E-state index in [0.717, 1.165) is 13.0 Å². The van der Waals surface area contributed by atoms with Crippen molar-refractivity contribution in [1.82, 2.24) is 9.55 Å². The van der Waals surface area contributed by atoms with Gasteiger partial charge in [0.15, 0.2) is 0 Å². The summed E-state index contributed by atoms with van der Waals surface area (Å²) in [6.07, 6.45) is 4.15. The summed E-state index contributed by atoms with van der Waals surface area (Å²) in [5.74, 6) is -0.276. The van der Waals surface area contributed by atoms with Crippen molar-refractivity contribution >= 4 is 17.6 Å². The molecule has 0 radical (unpaired) electrons. The highest BCUT2D eigenvalue weighted by molar-refractivity contribution is 6.02. The minimum absolute atomic E-state index is 0.195. The predicted molar refractivity (Wildman–Crippen MR) is 68.3 cm³/mol. The standard InChI is InChI=1S/C12H16N4O2/c1-3-4-16-6-9(13)5-10(16)11(17)15-12-14-8(2)7-18-12/h5-7H,3-4,13H2,1-2H3,(H,14,15,17). The van der Waals surface area contributed by atoms with Crippen molar-refractivity contribution in [2.45, 2.75) is 26.8 Å². The molecule has 6 nitrogen and oxygen atoms in total. The Balaban J connectivity index is 2.17. The zero-order valence-corrected chi connectivity index (χ0v) is 10.4. The molecule has 2 aromatic rings. The summed E-state index contributed by atoms with van der Waals surface area (Å²) < 4.78 is 6.90. The molecule has 0 atom stereocenters. The highest BCUT2D eigenvalue weighted by atomic mass is 16.4. The van der Waals surface area contributed by atoms with Gasteiger partial charge in [-0.2, -0.15) is 4.98 Å². The van der Waals surface area contributed by atoms with Crippen LogP contribution in [0.15, 0.2) is 22.9 Å². The van der Waals surface area contributed by atoms with Crippen LogP contribution in [0.1, 0.15) is 29.5 Å². The Hall–Kier alpha value is -2.24. The number of hydrogen-bond acceptors (Lipinski definition) is 4. The van der Waals surface area contributed by atoms with Gasteiger partial charge in [-0.25, -0.2) is 0 Å². The van der Waals surface area contributed by atoms with Crippen molar-refractivity contribution in [3.05, 3.63) is 29.9 Å². The molecule has 0 saturated heterocycles. The third-order valence-corrected chi connectivity index (χ3v) is 2.45. The van der Waals surface area contributed by atoms with Crippen LogP contribution >= 0.6 is 0 Å². The minimum Gasteiger partial charge on any atom is -0.432 e. The average molecular weight is 248 g/mol. The van der Waals surface area contributed by atoms with Crippen molar-refractivity contribution in [3.63, 3.8) is 0 Å². The van der Waals surface area contributed by atoms with Gasteiger partial charge in [0.2, 0.25) is 0 Å². The number of aromatic nitrogens is 2. The van der Waals surface area contributed by atoms with E-state index in [4.69, 9.17) is 10.2 Å². The maximum atomic E-state index is 12.0. The van der Waals surface area contributed by atoms with Gasteiger partial charge in [-0.1, -0.05) is 6.92 Å². The van der Waals surface area contributed by atoms with Crippen LogP contribution in [-0.4, -0.2) is 15.5 Å². The van der Waals surface area contributed by atoms with Crippen LogP contribution in [0.2, 0.25) is 0 Å². The molecule has 0 bridgehead atoms. The van der Waals surface area contributed by atoms with Crippen molar-refractivity contribution in [1.29, 1.82) is 0 Å². The Morgan fingerprint density at radius 1 is 1.61 bits per heavy atom. The van der Waals surface area contributed by atoms with E-state index >= 15 is 0 Å². The summed E-state index contributed by atoms with van der Waals surface area (Å²) in [5, 5.41) is 2.60. The fraction of sp³-hybridized carbons (Fsp3) is 0.333. The van der Waals surface area contributed by atoms with Crippen molar-refractivity contribution in [2.24, 2.45) is 0 Å². The van der Waals surface area contributed by atoms with Gasteiger partial charge in [0, 0.05) is 12.7 Å². The van der Waals surface area contributed by atoms with Gasteiger partial charge in [0.05, 0.1) is 11.4 Å². The van der Waals surface area contributed by atoms with Gasteiger partial charge in [-0.05, 0) is 19.4 Å². The van der Waals surface area contributed by atoms with E-state index < -0.39 is 0 Å². The van der Waals surface area contributed by atoms with E-state index in [1.165, 1.54) is 6.26 Å². The lowest BCUT2D eigenvalue weighted by Gasteiger charge is -2.06. The number of nitrogens with two attached hydrogens (primary N) is 1. The molecule has 3 N–H and O–H groups in total. The minimum atomic E-state index is -0.276. The van der Waals surface area contributed by atoms with Gasteiger partial charge >= 0.3 is 6.01 Å². The predicted octanol–water partition coefficient (Wildman–Crippen LogP) is 2.03. The third kappa shape index (κ3) is 2.53. The molecule has 96 valence electrons. The summed E-state index contributed by atoms with van der Waals surface area (Å²) in [4.78, 5) is 16.1. The number of amides is 1. The van der Waals surface area contributed by atoms with Crippen molar-refractivity contribution in [3.8, 4) is 0 Å². The number of hydrogen-bond donors (Lipinski definition) is 2. The number of nitrogens with zero attached hydrogens (tertiary/aromatic N) is 2. The van der Waals surface area contributed by atoms with Crippen molar-refractivity contribution in [2.75, 3.05) is 11.1 Å². The highest BCUT2D eigenvalue weighted by Gasteiger charge is 2.14. The second-order valence-corrected chi connectivity index (χ2v) is 4.10. The van der Waals surface area contributed by atoms with Crippen LogP contribution in [0.5, 0.6) is 0 Å². The molecular weight excluding hydrogens is 232 g/mol. The summed E-state index contributed by atoms with van der Waals surface area (Å²) in [6, 6.07) is 1.83. The highest BCUT2D eigenvalue weighted by Crippen LogP contribution is 2.14. The Kier molecular flexibility index (Phi) is 3.36. The smallest absolute Gasteiger partial charge is 0.301 e. The van der Waals surface area contributed by atoms with Gasteiger partial charge < -0.3 is 14.7 Å². The molecule has 1 amide bonds. The molecule has 0 unspecified atom stereocenters. The van der Waals surface area contributed by atoms with E-state index in [1.807, 2.05) is 11.5 Å². The second kappa shape index (κ2) is 4.95. The molecule has 0 fully saturated rings. The summed E-state index contributed by atoms with van der Waals surface area (Å²) in [6.45, 7) is 4.57. The van der Waals surface area contributed by atoms with Gasteiger partial charge in [0.25, 0.3) is 5.91 Å². The topological polar surface area (TPSA) is 86.1 Å². The molecule has 2 heterocycles. The number of anilines is 2. The van der Waals surface area contributed by atoms with E-state index in [0.29, 0.717) is 17.1 Å². The zero-order chi connectivity index (χ0) is 13.1. The summed E-state index contributed by atoms with van der Waals surface area (Å²) in [7, 11) is 0. The quantitative estimate of drug-likeness (QED) is 0.866. The lowest BCUT2D eigenvalue weighted by Crippen LogP contribution is -2.17. The monoisotopic (exact) mass is 248 g/mol. The molecule has 0 spiro atoms. The van der Waals surface area contributed by atoms with Crippen LogP contribution in [0.4, 0.5) is 11.7 Å². The van der Waals surface area contributed by atoms with Crippen molar-refractivity contribution < 1.29 is 9.21 Å². The molecule has 2 rings (SSSR count). The molecule has 0 aromatic carbocycles. The van der Waals surface area contributed by atoms with Crippen LogP contribution in [0, 0.1) is 6.92 Å². The first-order valence-electron chi connectivity index (χ1n) is 5.79. The molecule has 0 saturated carbocycles. The second-order valence-electron chi connectivity index (χ2n) is 4.10.